The van der Waals surface area contributed by atoms with Crippen molar-refractivity contribution in [1.82, 2.24) is 0 Å². The van der Waals surface area contributed by atoms with Crippen molar-refractivity contribution in [3.05, 3.63) is 12.2 Å². The molecule has 0 aliphatic heterocycles. The molecule has 17 heavy (non-hydrogen) atoms. The molecule has 4 aliphatic rings. The highest BCUT2D eigenvalue weighted by Gasteiger charge is 2.68. The summed E-state index contributed by atoms with van der Waals surface area (Å²) in [4.78, 5) is 24.3. The molecule has 0 saturated heterocycles. The summed E-state index contributed by atoms with van der Waals surface area (Å²) in [5.74, 6) is 1.49. The molecule has 0 spiro atoms. The lowest BCUT2D eigenvalue weighted by molar-refractivity contribution is -0.126. The van der Waals surface area contributed by atoms with Crippen LogP contribution in [0.25, 0.3) is 0 Å². The first-order valence-electron chi connectivity index (χ1n) is 6.61. The van der Waals surface area contributed by atoms with E-state index in [9.17, 15) is 9.59 Å². The highest BCUT2D eigenvalue weighted by Crippen LogP contribution is 2.62. The van der Waals surface area contributed by atoms with Gasteiger partial charge in [0.15, 0.2) is 0 Å². The van der Waals surface area contributed by atoms with Gasteiger partial charge in [0.25, 0.3) is 0 Å². The summed E-state index contributed by atoms with van der Waals surface area (Å²) in [6.07, 6.45) is 5.01. The molecule has 7 atom stereocenters. The van der Waals surface area contributed by atoms with Gasteiger partial charge in [-0.1, -0.05) is 12.2 Å². The fourth-order valence-electron chi connectivity index (χ4n) is 4.86. The molecule has 0 aromatic rings. The smallest absolute Gasteiger partial charge is 0.147 e. The first-order valence-corrected chi connectivity index (χ1v) is 6.61. The van der Waals surface area contributed by atoms with E-state index in [4.69, 9.17) is 4.74 Å². The van der Waals surface area contributed by atoms with Gasteiger partial charge in [0.1, 0.15) is 11.6 Å². The van der Waals surface area contributed by atoms with Crippen LogP contribution >= 0.6 is 0 Å². The number of carbonyl (C=O) groups excluding carboxylic acids is 2. The second-order valence-corrected chi connectivity index (χ2v) is 5.76. The van der Waals surface area contributed by atoms with E-state index in [2.05, 4.69) is 0 Å². The predicted octanol–water partition coefficient (Wildman–Crippen LogP) is 1.23. The van der Waals surface area contributed by atoms with Crippen LogP contribution in [0.1, 0.15) is 13.3 Å². The van der Waals surface area contributed by atoms with Crippen LogP contribution in [0.3, 0.4) is 0 Å². The van der Waals surface area contributed by atoms with Crippen LogP contribution in [0, 0.1) is 35.5 Å². The maximum atomic E-state index is 12.3. The van der Waals surface area contributed by atoms with E-state index in [-0.39, 0.29) is 35.7 Å². The summed E-state index contributed by atoms with van der Waals surface area (Å²) in [5, 5.41) is 0. The number of ketones is 2. The van der Waals surface area contributed by atoms with Crippen LogP contribution < -0.4 is 0 Å². The standard InChI is InChI=1S/C14H16O3/c1-2-17-9-5-8-10-6-3-4-7(13(6)15)11(10)12(9)14(8)16/h3-4,6-12H,2,5H2,1H3. The monoisotopic (exact) mass is 232 g/mol. The Kier molecular flexibility index (Phi) is 1.81. The number of rotatable bonds is 2. The summed E-state index contributed by atoms with van der Waals surface area (Å²) in [6.45, 7) is 2.64. The topological polar surface area (TPSA) is 43.4 Å². The molecular formula is C14H16O3. The van der Waals surface area contributed by atoms with Crippen molar-refractivity contribution in [2.45, 2.75) is 19.4 Å². The summed E-state index contributed by atoms with van der Waals surface area (Å²) in [7, 11) is 0. The molecule has 3 fully saturated rings. The molecule has 7 unspecified atom stereocenters. The van der Waals surface area contributed by atoms with Crippen LogP contribution in [0.15, 0.2) is 12.2 Å². The Labute approximate surface area is 100 Å². The zero-order valence-corrected chi connectivity index (χ0v) is 9.84. The Balaban J connectivity index is 1.73. The van der Waals surface area contributed by atoms with Gasteiger partial charge in [-0.3, -0.25) is 9.59 Å². The molecule has 3 heteroatoms. The molecule has 4 aliphatic carbocycles. The number of hydrogen-bond acceptors (Lipinski definition) is 3. The predicted molar refractivity (Wildman–Crippen MR) is 60.1 cm³/mol. The number of fused-ring (bicyclic) bond motifs is 9. The molecule has 0 N–H and O–H groups in total. The third-order valence-electron chi connectivity index (χ3n) is 5.30. The lowest BCUT2D eigenvalue weighted by Crippen LogP contribution is -2.35. The average molecular weight is 232 g/mol. The Morgan fingerprint density at radius 1 is 1.18 bits per heavy atom. The van der Waals surface area contributed by atoms with Crippen LogP contribution in [0.2, 0.25) is 0 Å². The van der Waals surface area contributed by atoms with E-state index >= 15 is 0 Å². The van der Waals surface area contributed by atoms with Crippen LogP contribution in [0.5, 0.6) is 0 Å². The molecule has 0 amide bonds. The molecule has 0 aromatic carbocycles. The highest BCUT2D eigenvalue weighted by atomic mass is 16.5. The second-order valence-electron chi connectivity index (χ2n) is 5.76. The Hall–Kier alpha value is -0.960. The maximum absolute atomic E-state index is 12.3. The molecule has 4 rings (SSSR count). The van der Waals surface area contributed by atoms with E-state index in [0.29, 0.717) is 24.1 Å². The molecular weight excluding hydrogens is 216 g/mol. The normalized spacial score (nSPS) is 53.8. The highest BCUT2D eigenvalue weighted by molar-refractivity contribution is 5.99. The average Bonchev–Trinajstić information content (AvgIpc) is 2.98. The third kappa shape index (κ3) is 0.982. The first kappa shape index (κ1) is 10.0. The summed E-state index contributed by atoms with van der Waals surface area (Å²) in [6, 6.07) is 0. The van der Waals surface area contributed by atoms with Crippen molar-refractivity contribution in [2.75, 3.05) is 6.61 Å². The first-order chi connectivity index (χ1) is 8.24. The lowest BCUT2D eigenvalue weighted by Gasteiger charge is -2.33. The lowest BCUT2D eigenvalue weighted by atomic mass is 9.72. The molecule has 3 nitrogen and oxygen atoms in total. The van der Waals surface area contributed by atoms with Gasteiger partial charge in [0.05, 0.1) is 6.10 Å². The number of ether oxygens (including phenoxy) is 1. The Bertz CT molecular complexity index is 439. The zero-order chi connectivity index (χ0) is 11.7. The molecule has 3 saturated carbocycles. The number of allylic oxidation sites excluding steroid dienone is 2. The van der Waals surface area contributed by atoms with Crippen molar-refractivity contribution in [3.8, 4) is 0 Å². The molecule has 0 radical (unpaired) electrons. The minimum absolute atomic E-state index is 0.00819. The van der Waals surface area contributed by atoms with E-state index in [1.54, 1.807) is 0 Å². The van der Waals surface area contributed by atoms with Gasteiger partial charge in [-0.2, -0.15) is 0 Å². The van der Waals surface area contributed by atoms with Gasteiger partial charge in [-0.05, 0) is 25.2 Å². The number of hydrogen-bond donors (Lipinski definition) is 0. The van der Waals surface area contributed by atoms with E-state index < -0.39 is 0 Å². The van der Waals surface area contributed by atoms with Gasteiger partial charge in [-0.25, -0.2) is 0 Å². The fourth-order valence-corrected chi connectivity index (χ4v) is 4.86. The molecule has 0 aromatic heterocycles. The number of carbonyl (C=O) groups is 2. The molecule has 90 valence electrons. The molecule has 0 heterocycles. The van der Waals surface area contributed by atoms with Gasteiger partial charge < -0.3 is 4.74 Å². The second kappa shape index (κ2) is 3.08. The van der Waals surface area contributed by atoms with Gasteiger partial charge >= 0.3 is 0 Å². The van der Waals surface area contributed by atoms with Crippen LogP contribution in [-0.2, 0) is 14.3 Å². The van der Waals surface area contributed by atoms with Crippen molar-refractivity contribution >= 4 is 11.6 Å². The van der Waals surface area contributed by atoms with E-state index in [1.807, 2.05) is 19.1 Å². The summed E-state index contributed by atoms with van der Waals surface area (Å²) in [5.41, 5.74) is 0. The van der Waals surface area contributed by atoms with Gasteiger partial charge in [0, 0.05) is 30.3 Å². The van der Waals surface area contributed by atoms with E-state index in [0.717, 1.165) is 6.42 Å². The van der Waals surface area contributed by atoms with Gasteiger partial charge in [0.2, 0.25) is 0 Å². The third-order valence-corrected chi connectivity index (χ3v) is 5.30. The summed E-state index contributed by atoms with van der Waals surface area (Å²) >= 11 is 0. The van der Waals surface area contributed by atoms with Gasteiger partial charge in [-0.15, -0.1) is 0 Å². The minimum Gasteiger partial charge on any atom is -0.378 e. The van der Waals surface area contributed by atoms with Crippen molar-refractivity contribution in [1.29, 1.82) is 0 Å². The SMILES string of the molecule is CCOC1CC2C(=O)C1C1C3C=CC(C3=O)C21. The van der Waals surface area contributed by atoms with E-state index in [1.165, 1.54) is 0 Å². The van der Waals surface area contributed by atoms with Crippen molar-refractivity contribution in [3.63, 3.8) is 0 Å². The zero-order valence-electron chi connectivity index (χ0n) is 9.84. The largest absolute Gasteiger partial charge is 0.378 e. The Morgan fingerprint density at radius 2 is 1.88 bits per heavy atom. The van der Waals surface area contributed by atoms with Crippen LogP contribution in [0.4, 0.5) is 0 Å². The quantitative estimate of drug-likeness (QED) is 0.531. The van der Waals surface area contributed by atoms with Crippen molar-refractivity contribution in [2.24, 2.45) is 35.5 Å². The minimum atomic E-state index is 0.00819. The van der Waals surface area contributed by atoms with Crippen molar-refractivity contribution < 1.29 is 14.3 Å². The van der Waals surface area contributed by atoms with Crippen LogP contribution in [-0.4, -0.2) is 24.3 Å². The number of Topliss-reactive ketones (excluding diaryl/α,β-unsaturated/α-hetero) is 2. The molecule has 4 bridgehead atoms. The summed E-state index contributed by atoms with van der Waals surface area (Å²) < 4.78 is 5.70. The Morgan fingerprint density at radius 3 is 2.59 bits per heavy atom. The fraction of sp³-hybridized carbons (Fsp3) is 0.714. The maximum Gasteiger partial charge on any atom is 0.147 e.